The van der Waals surface area contributed by atoms with Gasteiger partial charge in [0.2, 0.25) is 5.91 Å². The zero-order chi connectivity index (χ0) is 41.4. The first-order valence-electron chi connectivity index (χ1n) is 19.6. The fourth-order valence-electron chi connectivity index (χ4n) is 6.65. The number of pyridine rings is 1. The number of nitrogens with one attached hydrogen (secondary N) is 3. The molecule has 0 spiro atoms. The SMILES string of the molecule is CCC(C)C(C(=O)NC(Cc1ccccc1)C(O)CN(NCCCCCC(=O)OC)C(=O)C(NC(=O)OC)C(C)(C)C)N1CCN(Cc2cccc(C)n2)C1=O. The fourth-order valence-corrected chi connectivity index (χ4v) is 6.65. The molecule has 15 nitrogen and oxygen atoms in total. The number of carbonyl (C=O) groups excluding carboxylic acids is 5. The summed E-state index contributed by atoms with van der Waals surface area (Å²) in [4.78, 5) is 74.3. The number of unbranched alkanes of at least 4 members (excludes halogenated alkanes) is 2. The lowest BCUT2D eigenvalue weighted by molar-refractivity contribution is -0.142. The molecule has 1 saturated heterocycles. The van der Waals surface area contributed by atoms with Gasteiger partial charge in [-0.05, 0) is 55.2 Å². The second kappa shape index (κ2) is 22.1. The molecule has 0 bridgehead atoms. The predicted octanol–water partition coefficient (Wildman–Crippen LogP) is 3.97. The van der Waals surface area contributed by atoms with Crippen LogP contribution in [0.1, 0.15) is 83.7 Å². The summed E-state index contributed by atoms with van der Waals surface area (Å²) in [5.74, 6) is -1.42. The predicted molar refractivity (Wildman–Crippen MR) is 212 cm³/mol. The highest BCUT2D eigenvalue weighted by Crippen LogP contribution is 2.24. The Morgan fingerprint density at radius 2 is 1.68 bits per heavy atom. The average Bonchev–Trinajstić information content (AvgIpc) is 3.51. The van der Waals surface area contributed by atoms with Crippen molar-refractivity contribution in [3.05, 3.63) is 65.5 Å². The van der Waals surface area contributed by atoms with Gasteiger partial charge in [-0.1, -0.05) is 83.9 Å². The van der Waals surface area contributed by atoms with Crippen LogP contribution in [0.4, 0.5) is 9.59 Å². The molecule has 1 fully saturated rings. The van der Waals surface area contributed by atoms with Crippen LogP contribution >= 0.6 is 0 Å². The molecule has 0 saturated carbocycles. The van der Waals surface area contributed by atoms with Crippen LogP contribution in [0.3, 0.4) is 0 Å². The quantitative estimate of drug-likeness (QED) is 0.0822. The summed E-state index contributed by atoms with van der Waals surface area (Å²) in [6, 6.07) is 12.1. The molecule has 3 rings (SSSR count). The molecule has 5 amide bonds. The van der Waals surface area contributed by atoms with E-state index in [1.54, 1.807) is 30.6 Å². The Kier molecular flexibility index (Phi) is 18.0. The Bertz CT molecular complexity index is 1590. The van der Waals surface area contributed by atoms with E-state index in [4.69, 9.17) is 9.47 Å². The number of carbonyl (C=O) groups is 5. The number of aliphatic hydroxyl groups is 1. The van der Waals surface area contributed by atoms with Crippen molar-refractivity contribution in [1.29, 1.82) is 0 Å². The maximum atomic E-state index is 14.4. The Balaban J connectivity index is 1.88. The third kappa shape index (κ3) is 13.8. The summed E-state index contributed by atoms with van der Waals surface area (Å²) in [6.07, 6.45) is 0.940. The Morgan fingerprint density at radius 1 is 0.964 bits per heavy atom. The minimum absolute atomic E-state index is 0.207. The molecule has 1 aromatic heterocycles. The lowest BCUT2D eigenvalue weighted by Crippen LogP contribution is -2.62. The Hall–Kier alpha value is -4.76. The molecular formula is C41H63N7O8. The van der Waals surface area contributed by atoms with Crippen LogP contribution in [0.2, 0.25) is 0 Å². The summed E-state index contributed by atoms with van der Waals surface area (Å²) in [5, 5.41) is 19.0. The zero-order valence-corrected chi connectivity index (χ0v) is 34.4. The summed E-state index contributed by atoms with van der Waals surface area (Å²) in [7, 11) is 2.56. The van der Waals surface area contributed by atoms with Gasteiger partial charge in [0.05, 0.1) is 45.1 Å². The average molecular weight is 782 g/mol. The minimum Gasteiger partial charge on any atom is -0.469 e. The number of hydrogen-bond acceptors (Lipinski definition) is 10. The van der Waals surface area contributed by atoms with Gasteiger partial charge in [-0.15, -0.1) is 0 Å². The lowest BCUT2D eigenvalue weighted by Gasteiger charge is -2.37. The van der Waals surface area contributed by atoms with Crippen LogP contribution in [-0.4, -0.2) is 119 Å². The first kappa shape index (κ1) is 45.6. The molecule has 56 heavy (non-hydrogen) atoms. The number of aliphatic hydroxyl groups excluding tert-OH is 1. The third-order valence-corrected chi connectivity index (χ3v) is 10.1. The van der Waals surface area contributed by atoms with Gasteiger partial charge < -0.3 is 35.0 Å². The first-order valence-corrected chi connectivity index (χ1v) is 19.6. The number of esters is 1. The molecule has 15 heteroatoms. The van der Waals surface area contributed by atoms with Crippen molar-refractivity contribution >= 4 is 29.9 Å². The molecule has 0 aliphatic carbocycles. The maximum absolute atomic E-state index is 14.4. The molecule has 1 aliphatic heterocycles. The van der Waals surface area contributed by atoms with E-state index in [-0.39, 0.29) is 37.3 Å². The summed E-state index contributed by atoms with van der Waals surface area (Å²) in [5.41, 5.74) is 4.86. The molecule has 310 valence electrons. The number of benzene rings is 1. The van der Waals surface area contributed by atoms with Gasteiger partial charge >= 0.3 is 18.1 Å². The van der Waals surface area contributed by atoms with Crippen molar-refractivity contribution in [3.8, 4) is 0 Å². The normalized spacial score (nSPS) is 15.7. The van der Waals surface area contributed by atoms with E-state index in [0.717, 1.165) is 17.0 Å². The Morgan fingerprint density at radius 3 is 2.30 bits per heavy atom. The molecule has 1 aromatic carbocycles. The van der Waals surface area contributed by atoms with Crippen molar-refractivity contribution in [1.82, 2.24) is 35.9 Å². The zero-order valence-electron chi connectivity index (χ0n) is 34.4. The smallest absolute Gasteiger partial charge is 0.407 e. The van der Waals surface area contributed by atoms with E-state index in [9.17, 15) is 29.1 Å². The van der Waals surface area contributed by atoms with Crippen molar-refractivity contribution in [2.45, 2.75) is 111 Å². The molecule has 2 aromatic rings. The molecule has 0 radical (unpaired) electrons. The highest BCUT2D eigenvalue weighted by atomic mass is 16.5. The van der Waals surface area contributed by atoms with Crippen LogP contribution in [0.25, 0.3) is 0 Å². The molecule has 2 heterocycles. The van der Waals surface area contributed by atoms with E-state index in [1.165, 1.54) is 19.2 Å². The van der Waals surface area contributed by atoms with Crippen molar-refractivity contribution in [3.63, 3.8) is 0 Å². The topological polar surface area (TPSA) is 183 Å². The first-order chi connectivity index (χ1) is 26.6. The monoisotopic (exact) mass is 781 g/mol. The number of alkyl carbamates (subject to hydrolysis) is 1. The number of hydrogen-bond donors (Lipinski definition) is 4. The number of aryl methyl sites for hydroxylation is 1. The van der Waals surface area contributed by atoms with Gasteiger partial charge in [-0.3, -0.25) is 24.4 Å². The molecule has 1 aliphatic rings. The third-order valence-electron chi connectivity index (χ3n) is 10.1. The van der Waals surface area contributed by atoms with Gasteiger partial charge in [-0.2, -0.15) is 0 Å². The van der Waals surface area contributed by atoms with Crippen molar-refractivity contribution in [2.75, 3.05) is 40.4 Å². The minimum atomic E-state index is -1.29. The number of nitrogens with zero attached hydrogens (tertiary/aromatic N) is 4. The van der Waals surface area contributed by atoms with Crippen LogP contribution in [0, 0.1) is 18.3 Å². The van der Waals surface area contributed by atoms with E-state index in [0.29, 0.717) is 51.9 Å². The molecule has 4 N–H and O–H groups in total. The van der Waals surface area contributed by atoms with Crippen LogP contribution in [0.15, 0.2) is 48.5 Å². The number of methoxy groups -OCH3 is 2. The van der Waals surface area contributed by atoms with Crippen LogP contribution in [0.5, 0.6) is 0 Å². The van der Waals surface area contributed by atoms with Gasteiger partial charge in [0, 0.05) is 31.7 Å². The number of hydrazine groups is 1. The van der Waals surface area contributed by atoms with Gasteiger partial charge in [0.25, 0.3) is 5.91 Å². The van der Waals surface area contributed by atoms with Crippen molar-refractivity contribution in [2.24, 2.45) is 11.3 Å². The Labute approximate surface area is 331 Å². The van der Waals surface area contributed by atoms with Gasteiger partial charge in [-0.25, -0.2) is 15.0 Å². The van der Waals surface area contributed by atoms with Gasteiger partial charge in [0.15, 0.2) is 0 Å². The number of ether oxygens (including phenoxy) is 2. The van der Waals surface area contributed by atoms with Crippen LogP contribution in [-0.2, 0) is 36.8 Å². The number of amides is 5. The summed E-state index contributed by atoms with van der Waals surface area (Å²) in [6.45, 7) is 12.4. The summed E-state index contributed by atoms with van der Waals surface area (Å²) < 4.78 is 9.55. The van der Waals surface area contributed by atoms with E-state index in [1.807, 2.05) is 69.3 Å². The maximum Gasteiger partial charge on any atom is 0.407 e. The molecule has 5 atom stereocenters. The second-order valence-corrected chi connectivity index (χ2v) is 15.5. The highest BCUT2D eigenvalue weighted by Gasteiger charge is 2.42. The van der Waals surface area contributed by atoms with Crippen LogP contribution < -0.4 is 16.1 Å². The highest BCUT2D eigenvalue weighted by molar-refractivity contribution is 5.89. The number of rotatable bonds is 21. The summed E-state index contributed by atoms with van der Waals surface area (Å²) >= 11 is 0. The second-order valence-electron chi connectivity index (χ2n) is 15.5. The number of aromatic nitrogens is 1. The van der Waals surface area contributed by atoms with Crippen molar-refractivity contribution < 1.29 is 38.6 Å². The number of urea groups is 1. The molecular weight excluding hydrogens is 718 g/mol. The lowest BCUT2D eigenvalue weighted by atomic mass is 9.86. The largest absolute Gasteiger partial charge is 0.469 e. The van der Waals surface area contributed by atoms with E-state index >= 15 is 0 Å². The van der Waals surface area contributed by atoms with E-state index in [2.05, 4.69) is 21.0 Å². The van der Waals surface area contributed by atoms with E-state index < -0.39 is 47.6 Å². The standard InChI is InChI=1S/C41H63N7O8/c1-9-28(2)35(47-24-23-46(40(47)54)26-31-20-16-17-29(3)43-31)37(51)44-32(25-30-18-12-10-13-19-30)33(49)27-48(42-22-15-11-14-21-34(50)55-7)38(52)36(41(4,5)6)45-39(53)56-8/h10,12-13,16-20,28,32-33,35-36,42,49H,9,11,14-15,21-27H2,1-8H3,(H,44,51)(H,45,53). The fraction of sp³-hybridized carbons (Fsp3) is 0.610. The molecule has 5 unspecified atom stereocenters. The van der Waals surface area contributed by atoms with Gasteiger partial charge in [0.1, 0.15) is 12.1 Å².